The van der Waals surface area contributed by atoms with Crippen molar-refractivity contribution in [1.29, 1.82) is 0 Å². The molecule has 0 aliphatic carbocycles. The Hall–Kier alpha value is -1.56. The number of halogens is 1. The molecule has 2 amide bonds. The summed E-state index contributed by atoms with van der Waals surface area (Å²) in [5.41, 5.74) is 0.399. The van der Waals surface area contributed by atoms with Gasteiger partial charge in [0.05, 0.1) is 4.87 Å². The molecule has 0 saturated carbocycles. The van der Waals surface area contributed by atoms with Crippen molar-refractivity contribution in [2.24, 2.45) is 0 Å². The number of amides is 2. The van der Waals surface area contributed by atoms with E-state index in [0.717, 1.165) is 18.6 Å². The maximum Gasteiger partial charge on any atom is 0.255 e. The number of carbonyl (C=O) groups is 2. The second kappa shape index (κ2) is 5.91. The molecule has 0 radical (unpaired) electrons. The van der Waals surface area contributed by atoms with Crippen LogP contribution >= 0.6 is 11.8 Å². The molecule has 0 bridgehead atoms. The lowest BCUT2D eigenvalue weighted by atomic mass is 10.0. The third kappa shape index (κ3) is 2.72. The van der Waals surface area contributed by atoms with Gasteiger partial charge in [-0.2, -0.15) is 0 Å². The van der Waals surface area contributed by atoms with Crippen LogP contribution in [0.4, 0.5) is 4.39 Å². The number of thioether (sulfide) groups is 1. The highest BCUT2D eigenvalue weighted by molar-refractivity contribution is 8.00. The summed E-state index contributed by atoms with van der Waals surface area (Å²) in [6.45, 7) is 3.61. The molecule has 4 nitrogen and oxygen atoms in total. The molecular formula is C16H19FN2O2S. The number of nitrogens with zero attached hydrogens (tertiary/aromatic N) is 2. The number of hydrogen-bond acceptors (Lipinski definition) is 3. The van der Waals surface area contributed by atoms with E-state index >= 15 is 0 Å². The maximum absolute atomic E-state index is 13.4. The standard InChI is InChI=1S/C16H19FN2O2S/c1-12(20)18-7-5-16(6-8-18)19(9-10-22-16)15(21)13-3-2-4-14(17)11-13/h2-4,11H,5-10H2,1H3. The van der Waals surface area contributed by atoms with Crippen LogP contribution < -0.4 is 0 Å². The van der Waals surface area contributed by atoms with Crippen LogP contribution in [0.5, 0.6) is 0 Å². The van der Waals surface area contributed by atoms with E-state index in [0.29, 0.717) is 25.2 Å². The minimum atomic E-state index is -0.391. The molecule has 6 heteroatoms. The van der Waals surface area contributed by atoms with Crippen molar-refractivity contribution in [1.82, 2.24) is 9.80 Å². The van der Waals surface area contributed by atoms with Crippen molar-refractivity contribution in [3.05, 3.63) is 35.6 Å². The van der Waals surface area contributed by atoms with Crippen molar-refractivity contribution in [2.45, 2.75) is 24.6 Å². The minimum Gasteiger partial charge on any atom is -0.343 e. The van der Waals surface area contributed by atoms with Gasteiger partial charge >= 0.3 is 0 Å². The van der Waals surface area contributed by atoms with Crippen LogP contribution in [0.3, 0.4) is 0 Å². The summed E-state index contributed by atoms with van der Waals surface area (Å²) in [5.74, 6) is 0.473. The Balaban J connectivity index is 1.79. The lowest BCUT2D eigenvalue weighted by Crippen LogP contribution is -2.53. The fourth-order valence-corrected chi connectivity index (χ4v) is 4.71. The zero-order chi connectivity index (χ0) is 15.7. The van der Waals surface area contributed by atoms with Gasteiger partial charge in [0.25, 0.3) is 5.91 Å². The van der Waals surface area contributed by atoms with E-state index < -0.39 is 5.82 Å². The summed E-state index contributed by atoms with van der Waals surface area (Å²) >= 11 is 1.79. The highest BCUT2D eigenvalue weighted by atomic mass is 32.2. The van der Waals surface area contributed by atoms with Crippen molar-refractivity contribution in [3.63, 3.8) is 0 Å². The summed E-state index contributed by atoms with van der Waals surface area (Å²) in [5, 5.41) is 0. The van der Waals surface area contributed by atoms with E-state index in [2.05, 4.69) is 0 Å². The number of carbonyl (C=O) groups excluding carboxylic acids is 2. The molecule has 1 aromatic rings. The van der Waals surface area contributed by atoms with Crippen LogP contribution in [-0.2, 0) is 4.79 Å². The van der Waals surface area contributed by atoms with Crippen molar-refractivity contribution >= 4 is 23.6 Å². The lowest BCUT2D eigenvalue weighted by Gasteiger charge is -2.43. The van der Waals surface area contributed by atoms with E-state index in [4.69, 9.17) is 0 Å². The van der Waals surface area contributed by atoms with Gasteiger partial charge in [-0.3, -0.25) is 9.59 Å². The van der Waals surface area contributed by atoms with E-state index in [9.17, 15) is 14.0 Å². The van der Waals surface area contributed by atoms with Crippen LogP contribution in [0.25, 0.3) is 0 Å². The molecule has 2 aliphatic rings. The van der Waals surface area contributed by atoms with Crippen LogP contribution in [0.15, 0.2) is 24.3 Å². The SMILES string of the molecule is CC(=O)N1CCC2(CC1)SCCN2C(=O)c1cccc(F)c1. The zero-order valence-electron chi connectivity index (χ0n) is 12.5. The first-order chi connectivity index (χ1) is 10.5. The third-order valence-electron chi connectivity index (χ3n) is 4.48. The lowest BCUT2D eigenvalue weighted by molar-refractivity contribution is -0.130. The van der Waals surface area contributed by atoms with Crippen molar-refractivity contribution in [2.75, 3.05) is 25.4 Å². The molecule has 2 heterocycles. The summed E-state index contributed by atoms with van der Waals surface area (Å²) in [6.07, 6.45) is 1.55. The Labute approximate surface area is 133 Å². The van der Waals surface area contributed by atoms with Gasteiger partial charge in [-0.1, -0.05) is 6.07 Å². The number of likely N-dealkylation sites (tertiary alicyclic amines) is 1. The fraction of sp³-hybridized carbons (Fsp3) is 0.500. The number of hydrogen-bond donors (Lipinski definition) is 0. The summed E-state index contributed by atoms with van der Waals surface area (Å²) in [4.78, 5) is 27.7. The molecule has 2 fully saturated rings. The topological polar surface area (TPSA) is 40.6 Å². The van der Waals surface area contributed by atoms with Gasteiger partial charge in [-0.05, 0) is 31.0 Å². The number of benzene rings is 1. The predicted octanol–water partition coefficient (Wildman–Crippen LogP) is 2.35. The minimum absolute atomic E-state index is 0.0841. The highest BCUT2D eigenvalue weighted by Gasteiger charge is 2.46. The van der Waals surface area contributed by atoms with Crippen LogP contribution in [0.1, 0.15) is 30.1 Å². The molecule has 118 valence electrons. The molecular weight excluding hydrogens is 303 g/mol. The first-order valence-corrected chi connectivity index (χ1v) is 8.47. The normalized spacial score (nSPS) is 20.5. The van der Waals surface area contributed by atoms with Crippen LogP contribution in [-0.4, -0.2) is 51.9 Å². The Morgan fingerprint density at radius 1 is 1.23 bits per heavy atom. The van der Waals surface area contributed by atoms with Crippen LogP contribution in [0, 0.1) is 5.82 Å². The Morgan fingerprint density at radius 3 is 2.59 bits per heavy atom. The Morgan fingerprint density at radius 2 is 1.95 bits per heavy atom. The van der Waals surface area contributed by atoms with Gasteiger partial charge in [0, 0.05) is 37.9 Å². The Bertz CT molecular complexity index is 600. The molecule has 1 spiro atoms. The zero-order valence-corrected chi connectivity index (χ0v) is 13.4. The predicted molar refractivity (Wildman–Crippen MR) is 84.1 cm³/mol. The van der Waals surface area contributed by atoms with Crippen molar-refractivity contribution in [3.8, 4) is 0 Å². The summed E-state index contributed by atoms with van der Waals surface area (Å²) in [7, 11) is 0. The monoisotopic (exact) mass is 322 g/mol. The average molecular weight is 322 g/mol. The van der Waals surface area contributed by atoms with E-state index in [-0.39, 0.29) is 16.7 Å². The smallest absolute Gasteiger partial charge is 0.255 e. The summed E-state index contributed by atoms with van der Waals surface area (Å²) in [6, 6.07) is 5.87. The van der Waals surface area contributed by atoms with Gasteiger partial charge in [0.15, 0.2) is 0 Å². The van der Waals surface area contributed by atoms with Gasteiger partial charge in [-0.25, -0.2) is 4.39 Å². The molecule has 22 heavy (non-hydrogen) atoms. The largest absolute Gasteiger partial charge is 0.343 e. The Kier molecular flexibility index (Phi) is 4.12. The molecule has 0 N–H and O–H groups in total. The highest BCUT2D eigenvalue weighted by Crippen LogP contribution is 2.44. The van der Waals surface area contributed by atoms with Gasteiger partial charge in [0.2, 0.25) is 5.91 Å². The van der Waals surface area contributed by atoms with Crippen molar-refractivity contribution < 1.29 is 14.0 Å². The van der Waals surface area contributed by atoms with Gasteiger partial charge in [0.1, 0.15) is 5.82 Å². The quantitative estimate of drug-likeness (QED) is 0.797. The fourth-order valence-electron chi connectivity index (χ4n) is 3.26. The van der Waals surface area contributed by atoms with Gasteiger partial charge in [-0.15, -0.1) is 11.8 Å². The first kappa shape index (κ1) is 15.3. The summed E-state index contributed by atoms with van der Waals surface area (Å²) < 4.78 is 13.4. The number of piperidine rings is 1. The molecule has 2 saturated heterocycles. The van der Waals surface area contributed by atoms with E-state index in [1.165, 1.54) is 12.1 Å². The van der Waals surface area contributed by atoms with Gasteiger partial charge < -0.3 is 9.80 Å². The maximum atomic E-state index is 13.4. The molecule has 1 aromatic carbocycles. The second-order valence-electron chi connectivity index (χ2n) is 5.77. The molecule has 0 atom stereocenters. The van der Waals surface area contributed by atoms with E-state index in [1.54, 1.807) is 30.8 Å². The molecule has 3 rings (SSSR count). The first-order valence-electron chi connectivity index (χ1n) is 7.49. The molecule has 0 unspecified atom stereocenters. The molecule has 0 aromatic heterocycles. The number of rotatable bonds is 1. The van der Waals surface area contributed by atoms with E-state index in [1.807, 2.05) is 9.80 Å². The second-order valence-corrected chi connectivity index (χ2v) is 7.22. The van der Waals surface area contributed by atoms with Crippen LogP contribution in [0.2, 0.25) is 0 Å². The molecule has 2 aliphatic heterocycles. The third-order valence-corrected chi connectivity index (χ3v) is 6.04. The average Bonchev–Trinajstić information content (AvgIpc) is 2.90.